The summed E-state index contributed by atoms with van der Waals surface area (Å²) in [5, 5.41) is 11.8. The molecule has 0 radical (unpaired) electrons. The Bertz CT molecular complexity index is 1110. The van der Waals surface area contributed by atoms with Gasteiger partial charge >= 0.3 is 5.97 Å². The van der Waals surface area contributed by atoms with E-state index in [-0.39, 0.29) is 12.5 Å². The molecule has 150 valence electrons. The van der Waals surface area contributed by atoms with Gasteiger partial charge in [-0.05, 0) is 46.5 Å². The van der Waals surface area contributed by atoms with Crippen molar-refractivity contribution >= 4 is 5.97 Å². The van der Waals surface area contributed by atoms with Crippen LogP contribution in [-0.2, 0) is 16.9 Å². The highest BCUT2D eigenvalue weighted by atomic mass is 16.5. The van der Waals surface area contributed by atoms with Crippen molar-refractivity contribution in [1.29, 1.82) is 0 Å². The maximum atomic E-state index is 11.8. The average Bonchev–Trinajstić information content (AvgIpc) is 3.27. The molecular weight excluding hydrogens is 378 g/mol. The van der Waals surface area contributed by atoms with Gasteiger partial charge in [-0.15, -0.1) is 0 Å². The van der Waals surface area contributed by atoms with Crippen LogP contribution in [0.2, 0.25) is 0 Å². The summed E-state index contributed by atoms with van der Waals surface area (Å²) in [6, 6.07) is 18.6. The first-order valence-corrected chi connectivity index (χ1v) is 9.53. The van der Waals surface area contributed by atoms with Gasteiger partial charge in [-0.2, -0.15) is 0 Å². The fourth-order valence-electron chi connectivity index (χ4n) is 3.44. The van der Waals surface area contributed by atoms with Crippen molar-refractivity contribution in [2.75, 3.05) is 0 Å². The zero-order chi connectivity index (χ0) is 21.0. The van der Waals surface area contributed by atoms with E-state index >= 15 is 0 Å². The Morgan fingerprint density at radius 1 is 0.900 bits per heavy atom. The minimum absolute atomic E-state index is 0.286. The van der Waals surface area contributed by atoms with E-state index in [0.717, 1.165) is 16.7 Å². The molecule has 0 aliphatic rings. The first kappa shape index (κ1) is 19.5. The van der Waals surface area contributed by atoms with Gasteiger partial charge in [0.15, 0.2) is 0 Å². The molecule has 1 N–H and O–H groups in total. The molecule has 0 spiro atoms. The normalized spacial score (nSPS) is 12.9. The lowest BCUT2D eigenvalue weighted by molar-refractivity contribution is -0.131. The summed E-state index contributed by atoms with van der Waals surface area (Å²) in [6.45, 7) is 1.64. The molecule has 0 aliphatic carbocycles. The van der Waals surface area contributed by atoms with Gasteiger partial charge in [0.05, 0.1) is 12.9 Å². The van der Waals surface area contributed by atoms with Crippen molar-refractivity contribution in [2.24, 2.45) is 0 Å². The van der Waals surface area contributed by atoms with Gasteiger partial charge in [0.2, 0.25) is 0 Å². The molecule has 6 heteroatoms. The molecule has 0 bridgehead atoms. The summed E-state index contributed by atoms with van der Waals surface area (Å²) < 4.78 is 6.95. The molecule has 2 aromatic carbocycles. The van der Waals surface area contributed by atoms with Crippen LogP contribution >= 0.6 is 0 Å². The number of esters is 1. The monoisotopic (exact) mass is 399 g/mol. The summed E-state index contributed by atoms with van der Waals surface area (Å²) in [5.74, 6) is 0.0485. The van der Waals surface area contributed by atoms with Crippen LogP contribution in [0.4, 0.5) is 0 Å². The fraction of sp³-hybridized carbons (Fsp3) is 0.125. The van der Waals surface area contributed by atoms with Crippen LogP contribution in [0.15, 0.2) is 91.8 Å². The first-order valence-electron chi connectivity index (χ1n) is 9.53. The van der Waals surface area contributed by atoms with Crippen LogP contribution < -0.4 is 4.74 Å². The summed E-state index contributed by atoms with van der Waals surface area (Å²) >= 11 is 0. The third kappa shape index (κ3) is 4.14. The Hall–Kier alpha value is -3.77. The van der Waals surface area contributed by atoms with Gasteiger partial charge in [-0.1, -0.05) is 36.4 Å². The molecule has 1 atom stereocenters. The minimum Gasteiger partial charge on any atom is -0.427 e. The highest BCUT2D eigenvalue weighted by Crippen LogP contribution is 2.34. The van der Waals surface area contributed by atoms with Gasteiger partial charge in [0.1, 0.15) is 11.4 Å². The Kier molecular flexibility index (Phi) is 5.41. The lowest BCUT2D eigenvalue weighted by Gasteiger charge is -2.30. The number of rotatable bonds is 6. The second-order valence-electron chi connectivity index (χ2n) is 7.03. The summed E-state index contributed by atoms with van der Waals surface area (Å²) in [5.41, 5.74) is 2.22. The third-order valence-corrected chi connectivity index (χ3v) is 4.94. The highest BCUT2D eigenvalue weighted by Gasteiger charge is 2.32. The van der Waals surface area contributed by atoms with Gasteiger partial charge in [0.25, 0.3) is 0 Å². The molecule has 0 fully saturated rings. The molecule has 2 heterocycles. The average molecular weight is 399 g/mol. The predicted molar refractivity (Wildman–Crippen MR) is 113 cm³/mol. The molecule has 1 unspecified atom stereocenters. The molecule has 4 aromatic rings. The van der Waals surface area contributed by atoms with Crippen LogP contribution in [0, 0.1) is 0 Å². The third-order valence-electron chi connectivity index (χ3n) is 4.94. The zero-order valence-electron chi connectivity index (χ0n) is 16.5. The quantitative estimate of drug-likeness (QED) is 0.394. The van der Waals surface area contributed by atoms with Crippen molar-refractivity contribution in [3.63, 3.8) is 0 Å². The number of imidazole rings is 1. The van der Waals surface area contributed by atoms with Gasteiger partial charge in [0, 0.05) is 31.7 Å². The van der Waals surface area contributed by atoms with E-state index in [1.165, 1.54) is 6.92 Å². The van der Waals surface area contributed by atoms with E-state index in [1.54, 1.807) is 49.2 Å². The van der Waals surface area contributed by atoms with Crippen molar-refractivity contribution in [2.45, 2.75) is 19.1 Å². The molecule has 6 nitrogen and oxygen atoms in total. The second kappa shape index (κ2) is 8.31. The molecular formula is C24H21N3O3. The number of ether oxygens (including phenoxy) is 1. The van der Waals surface area contributed by atoms with Crippen molar-refractivity contribution in [3.8, 4) is 16.9 Å². The second-order valence-corrected chi connectivity index (χ2v) is 7.03. The lowest BCUT2D eigenvalue weighted by atomic mass is 9.85. The topological polar surface area (TPSA) is 77.2 Å². The molecule has 0 saturated carbocycles. The minimum atomic E-state index is -1.30. The Morgan fingerprint density at radius 2 is 1.50 bits per heavy atom. The Labute approximate surface area is 174 Å². The van der Waals surface area contributed by atoms with Crippen LogP contribution in [0.3, 0.4) is 0 Å². The SMILES string of the molecule is CC(=O)Oc1ccc(C(O)(Cn2ccnc2)c2ccc(-c3ccncc3)cc2)cc1. The molecule has 0 saturated heterocycles. The maximum Gasteiger partial charge on any atom is 0.308 e. The van der Waals surface area contributed by atoms with Crippen LogP contribution in [-0.4, -0.2) is 25.6 Å². The van der Waals surface area contributed by atoms with Crippen LogP contribution in [0.5, 0.6) is 5.75 Å². The van der Waals surface area contributed by atoms with Crippen molar-refractivity contribution in [1.82, 2.24) is 14.5 Å². The highest BCUT2D eigenvalue weighted by molar-refractivity contribution is 5.69. The van der Waals surface area contributed by atoms with E-state index in [2.05, 4.69) is 9.97 Å². The van der Waals surface area contributed by atoms with E-state index in [4.69, 9.17) is 4.74 Å². The standard InChI is InChI=1S/C24H21N3O3/c1-18(28)30-23-8-6-22(7-9-23)24(29,16-27-15-14-26-17-27)21-4-2-19(3-5-21)20-10-12-25-13-11-20/h2-15,17,29H,16H2,1H3. The van der Waals surface area contributed by atoms with E-state index in [9.17, 15) is 9.90 Å². The predicted octanol–water partition coefficient (Wildman–Crippen LogP) is 3.81. The number of benzene rings is 2. The number of aliphatic hydroxyl groups is 1. The van der Waals surface area contributed by atoms with Gasteiger partial charge < -0.3 is 14.4 Å². The lowest BCUT2D eigenvalue weighted by Crippen LogP contribution is -2.32. The smallest absolute Gasteiger partial charge is 0.308 e. The van der Waals surface area contributed by atoms with Crippen LogP contribution in [0.25, 0.3) is 11.1 Å². The first-order chi connectivity index (χ1) is 14.5. The van der Waals surface area contributed by atoms with Crippen LogP contribution in [0.1, 0.15) is 18.1 Å². The Morgan fingerprint density at radius 3 is 2.07 bits per heavy atom. The number of nitrogens with zero attached hydrogens (tertiary/aromatic N) is 3. The van der Waals surface area contributed by atoms with Gasteiger partial charge in [-0.25, -0.2) is 4.98 Å². The van der Waals surface area contributed by atoms with Crippen molar-refractivity contribution in [3.05, 3.63) is 103 Å². The largest absolute Gasteiger partial charge is 0.427 e. The van der Waals surface area contributed by atoms with E-state index < -0.39 is 5.60 Å². The fourth-order valence-corrected chi connectivity index (χ4v) is 3.44. The molecule has 2 aromatic heterocycles. The number of pyridine rings is 1. The van der Waals surface area contributed by atoms with E-state index in [0.29, 0.717) is 11.3 Å². The molecule has 4 rings (SSSR count). The van der Waals surface area contributed by atoms with Gasteiger partial charge in [-0.3, -0.25) is 9.78 Å². The number of hydrogen-bond donors (Lipinski definition) is 1. The summed E-state index contributed by atoms with van der Waals surface area (Å²) in [7, 11) is 0. The number of aromatic nitrogens is 3. The number of hydrogen-bond acceptors (Lipinski definition) is 5. The Balaban J connectivity index is 1.71. The summed E-state index contributed by atoms with van der Waals surface area (Å²) in [4.78, 5) is 19.3. The molecule has 0 amide bonds. The van der Waals surface area contributed by atoms with Crippen molar-refractivity contribution < 1.29 is 14.6 Å². The van der Waals surface area contributed by atoms with E-state index in [1.807, 2.05) is 47.2 Å². The number of carbonyl (C=O) groups excluding carboxylic acids is 1. The zero-order valence-corrected chi connectivity index (χ0v) is 16.5. The number of carbonyl (C=O) groups is 1. The summed E-state index contributed by atoms with van der Waals surface area (Å²) in [6.07, 6.45) is 8.66. The maximum absolute atomic E-state index is 11.8. The molecule has 0 aliphatic heterocycles. The molecule has 30 heavy (non-hydrogen) atoms.